The fourth-order valence-electron chi connectivity index (χ4n) is 3.48. The molecule has 6 heteroatoms. The summed E-state index contributed by atoms with van der Waals surface area (Å²) in [5.74, 6) is 1.31. The third-order valence-corrected chi connectivity index (χ3v) is 5.10. The number of nitrogens with one attached hydrogen (secondary N) is 1. The van der Waals surface area contributed by atoms with Crippen molar-refractivity contribution in [2.45, 2.75) is 38.3 Å². The molecule has 3 rings (SSSR count). The van der Waals surface area contributed by atoms with E-state index in [2.05, 4.69) is 32.1 Å². The predicted molar refractivity (Wildman–Crippen MR) is 91.4 cm³/mol. The summed E-state index contributed by atoms with van der Waals surface area (Å²) in [6.07, 6.45) is 8.46. The van der Waals surface area contributed by atoms with Crippen molar-refractivity contribution in [3.05, 3.63) is 18.0 Å². The molecule has 2 N–H and O–H groups in total. The minimum absolute atomic E-state index is 0.219. The maximum Gasteiger partial charge on any atom is 0.225 e. The van der Waals surface area contributed by atoms with Gasteiger partial charge in [0.15, 0.2) is 0 Å². The summed E-state index contributed by atoms with van der Waals surface area (Å²) in [6, 6.07) is 0. The van der Waals surface area contributed by atoms with E-state index < -0.39 is 0 Å². The number of piperazine rings is 1. The van der Waals surface area contributed by atoms with Crippen LogP contribution in [0.25, 0.3) is 0 Å². The van der Waals surface area contributed by atoms with E-state index in [1.165, 1.54) is 25.7 Å². The van der Waals surface area contributed by atoms with Crippen LogP contribution in [0.4, 0.5) is 5.95 Å². The molecule has 1 aliphatic carbocycles. The molecule has 0 aromatic carbocycles. The monoisotopic (exact) mass is 319 g/mol. The number of hydrogen-bond acceptors (Lipinski definition) is 6. The number of rotatable bonds is 6. The molecule has 23 heavy (non-hydrogen) atoms. The van der Waals surface area contributed by atoms with E-state index in [0.717, 1.165) is 37.7 Å². The first kappa shape index (κ1) is 16.6. The number of aromatic nitrogens is 2. The lowest BCUT2D eigenvalue weighted by Crippen LogP contribution is -2.45. The first-order valence-corrected chi connectivity index (χ1v) is 8.85. The maximum absolute atomic E-state index is 10.2. The summed E-state index contributed by atoms with van der Waals surface area (Å²) in [7, 11) is 2.15. The van der Waals surface area contributed by atoms with Gasteiger partial charge in [0.05, 0.1) is 6.10 Å². The Morgan fingerprint density at radius 1 is 1.17 bits per heavy atom. The third kappa shape index (κ3) is 4.62. The van der Waals surface area contributed by atoms with Gasteiger partial charge in [-0.15, -0.1) is 0 Å². The smallest absolute Gasteiger partial charge is 0.225 e. The highest BCUT2D eigenvalue weighted by Crippen LogP contribution is 2.27. The SMILES string of the molecule is CN1CCN(c2ncc(CNCC(O)C3CCCC3)cn2)CC1. The molecule has 1 unspecified atom stereocenters. The van der Waals surface area contributed by atoms with Crippen LogP contribution in [0, 0.1) is 5.92 Å². The average molecular weight is 319 g/mol. The van der Waals surface area contributed by atoms with Gasteiger partial charge in [0.25, 0.3) is 0 Å². The van der Waals surface area contributed by atoms with Gasteiger partial charge in [-0.1, -0.05) is 12.8 Å². The van der Waals surface area contributed by atoms with Crippen LogP contribution in [0.5, 0.6) is 0 Å². The number of aliphatic hydroxyl groups is 1. The van der Waals surface area contributed by atoms with Crippen LogP contribution in [0.3, 0.4) is 0 Å². The number of aliphatic hydroxyl groups excluding tert-OH is 1. The minimum atomic E-state index is -0.219. The van der Waals surface area contributed by atoms with Crippen molar-refractivity contribution in [1.29, 1.82) is 0 Å². The number of hydrogen-bond donors (Lipinski definition) is 2. The van der Waals surface area contributed by atoms with Crippen molar-refractivity contribution in [3.8, 4) is 0 Å². The van der Waals surface area contributed by atoms with Crippen molar-refractivity contribution < 1.29 is 5.11 Å². The number of nitrogens with zero attached hydrogens (tertiary/aromatic N) is 4. The predicted octanol–water partition coefficient (Wildman–Crippen LogP) is 0.869. The molecular formula is C17H29N5O. The second kappa shape index (κ2) is 8.04. The second-order valence-electron chi connectivity index (χ2n) is 6.92. The van der Waals surface area contributed by atoms with Gasteiger partial charge in [-0.3, -0.25) is 0 Å². The molecule has 0 amide bonds. The first-order chi connectivity index (χ1) is 11.2. The molecule has 2 aliphatic rings. The summed E-state index contributed by atoms with van der Waals surface area (Å²) >= 11 is 0. The molecule has 6 nitrogen and oxygen atoms in total. The van der Waals surface area contributed by atoms with E-state index >= 15 is 0 Å². The molecular weight excluding hydrogens is 290 g/mol. The highest BCUT2D eigenvalue weighted by molar-refractivity contribution is 5.30. The van der Waals surface area contributed by atoms with Crippen molar-refractivity contribution in [3.63, 3.8) is 0 Å². The second-order valence-corrected chi connectivity index (χ2v) is 6.92. The molecule has 2 fully saturated rings. The van der Waals surface area contributed by atoms with Crippen LogP contribution in [0.15, 0.2) is 12.4 Å². The van der Waals surface area contributed by atoms with Gasteiger partial charge in [-0.25, -0.2) is 9.97 Å². The van der Waals surface area contributed by atoms with Crippen LogP contribution in [0.2, 0.25) is 0 Å². The molecule has 2 heterocycles. The summed E-state index contributed by atoms with van der Waals surface area (Å²) < 4.78 is 0. The van der Waals surface area contributed by atoms with E-state index in [0.29, 0.717) is 19.0 Å². The highest BCUT2D eigenvalue weighted by atomic mass is 16.3. The zero-order valence-corrected chi connectivity index (χ0v) is 14.1. The Kier molecular flexibility index (Phi) is 5.80. The topological polar surface area (TPSA) is 64.5 Å². The van der Waals surface area contributed by atoms with Gasteiger partial charge in [0.2, 0.25) is 5.95 Å². The Morgan fingerprint density at radius 2 is 1.83 bits per heavy atom. The van der Waals surface area contributed by atoms with Gasteiger partial charge in [0.1, 0.15) is 0 Å². The molecule has 1 saturated carbocycles. The Labute approximate surface area is 138 Å². The molecule has 128 valence electrons. The minimum Gasteiger partial charge on any atom is -0.392 e. The lowest BCUT2D eigenvalue weighted by molar-refractivity contribution is 0.109. The molecule has 1 atom stereocenters. The van der Waals surface area contributed by atoms with Crippen LogP contribution in [0.1, 0.15) is 31.2 Å². The molecule has 1 aliphatic heterocycles. The molecule has 0 spiro atoms. The van der Waals surface area contributed by atoms with Crippen molar-refractivity contribution in [2.75, 3.05) is 44.7 Å². The van der Waals surface area contributed by atoms with Gasteiger partial charge in [-0.05, 0) is 25.8 Å². The van der Waals surface area contributed by atoms with Crippen LogP contribution < -0.4 is 10.2 Å². The van der Waals surface area contributed by atoms with Gasteiger partial charge >= 0.3 is 0 Å². The van der Waals surface area contributed by atoms with Crippen LogP contribution in [-0.2, 0) is 6.54 Å². The van der Waals surface area contributed by atoms with Gasteiger partial charge in [-0.2, -0.15) is 0 Å². The Hall–Kier alpha value is -1.24. The lowest BCUT2D eigenvalue weighted by atomic mass is 10.0. The quantitative estimate of drug-likeness (QED) is 0.811. The number of likely N-dealkylation sites (N-methyl/N-ethyl adjacent to an activating group) is 1. The van der Waals surface area contributed by atoms with E-state index in [4.69, 9.17) is 0 Å². The normalized spacial score (nSPS) is 21.7. The zero-order chi connectivity index (χ0) is 16.1. The Balaban J connectivity index is 1.42. The van der Waals surface area contributed by atoms with Gasteiger partial charge < -0.3 is 20.2 Å². The van der Waals surface area contributed by atoms with Gasteiger partial charge in [0, 0.05) is 57.2 Å². The molecule has 0 bridgehead atoms. The fourth-order valence-corrected chi connectivity index (χ4v) is 3.48. The van der Waals surface area contributed by atoms with E-state index in [-0.39, 0.29) is 6.10 Å². The molecule has 1 saturated heterocycles. The fraction of sp³-hybridized carbons (Fsp3) is 0.765. The highest BCUT2D eigenvalue weighted by Gasteiger charge is 2.22. The third-order valence-electron chi connectivity index (χ3n) is 5.10. The van der Waals surface area contributed by atoms with Crippen molar-refractivity contribution >= 4 is 5.95 Å². The maximum atomic E-state index is 10.2. The Morgan fingerprint density at radius 3 is 2.48 bits per heavy atom. The average Bonchev–Trinajstić information content (AvgIpc) is 3.11. The van der Waals surface area contributed by atoms with E-state index in [9.17, 15) is 5.11 Å². The molecule has 1 aromatic rings. The largest absolute Gasteiger partial charge is 0.392 e. The summed E-state index contributed by atoms with van der Waals surface area (Å²) in [5.41, 5.74) is 1.07. The lowest BCUT2D eigenvalue weighted by Gasteiger charge is -2.32. The van der Waals surface area contributed by atoms with E-state index in [1.807, 2.05) is 12.4 Å². The molecule has 1 aromatic heterocycles. The molecule has 0 radical (unpaired) electrons. The zero-order valence-electron chi connectivity index (χ0n) is 14.1. The summed E-state index contributed by atoms with van der Waals surface area (Å²) in [4.78, 5) is 13.6. The van der Waals surface area contributed by atoms with Crippen LogP contribution >= 0.6 is 0 Å². The van der Waals surface area contributed by atoms with E-state index in [1.54, 1.807) is 0 Å². The standard InChI is InChI=1S/C17H29N5O/c1-21-6-8-22(9-7-21)17-19-11-14(12-20-17)10-18-13-16(23)15-4-2-3-5-15/h11-12,15-16,18,23H,2-10,13H2,1H3. The Bertz CT molecular complexity index is 466. The number of anilines is 1. The summed E-state index contributed by atoms with van der Waals surface area (Å²) in [5, 5.41) is 13.5. The first-order valence-electron chi connectivity index (χ1n) is 8.85. The van der Waals surface area contributed by atoms with Crippen molar-refractivity contribution in [2.24, 2.45) is 5.92 Å². The van der Waals surface area contributed by atoms with Crippen LogP contribution in [-0.4, -0.2) is 65.8 Å². The summed E-state index contributed by atoms with van der Waals surface area (Å²) in [6.45, 7) is 5.47. The van der Waals surface area contributed by atoms with Crippen molar-refractivity contribution in [1.82, 2.24) is 20.2 Å².